The first-order valence-electron chi connectivity index (χ1n) is 16.2. The van der Waals surface area contributed by atoms with Gasteiger partial charge in [-0.05, 0) is 83.6 Å². The predicted octanol–water partition coefficient (Wildman–Crippen LogP) is 12.2. The topological polar surface area (TPSA) is 9.86 Å². The second kappa shape index (κ2) is 11.1. The molecule has 2 nitrogen and oxygen atoms in total. The van der Waals surface area contributed by atoms with E-state index in [1.807, 2.05) is 12.2 Å². The Morgan fingerprint density at radius 2 is 0.826 bits per heavy atom. The van der Waals surface area contributed by atoms with Gasteiger partial charge in [0.15, 0.2) is 0 Å². The van der Waals surface area contributed by atoms with Gasteiger partial charge in [-0.1, -0.05) is 110 Å². The SMILES string of the molecule is C=Cc1cc(-c2ccc(-c3ccc(-c4cc(C=C)cc5c6ccccc6n(CC)c45)cc3)cc2)c2c(c1)c1ccccc1n2CC. The Hall–Kier alpha value is -5.60. The molecule has 0 spiro atoms. The molecule has 0 atom stereocenters. The molecule has 0 N–H and O–H groups in total. The number of benzene rings is 6. The standard InChI is InChI=1S/C44H36N2/c1-5-29-25-37(43-39(27-29)35-13-9-11-15-41(35)45(43)7-3)33-21-17-31(18-22-33)32-19-23-34(24-20-32)38-26-30(6-2)28-40-36-14-10-12-16-42(36)46(8-4)44(38)40/h5-6,9-28H,1-2,7-8H2,3-4H3. The van der Waals surface area contributed by atoms with Crippen LogP contribution >= 0.6 is 0 Å². The van der Waals surface area contributed by atoms with E-state index in [0.29, 0.717) is 0 Å². The van der Waals surface area contributed by atoms with Gasteiger partial charge in [-0.2, -0.15) is 0 Å². The van der Waals surface area contributed by atoms with Crippen LogP contribution in [0.1, 0.15) is 25.0 Å². The highest BCUT2D eigenvalue weighted by Gasteiger charge is 2.17. The third-order valence-electron chi connectivity index (χ3n) is 9.60. The lowest BCUT2D eigenvalue weighted by Crippen LogP contribution is -1.96. The molecule has 0 saturated heterocycles. The summed E-state index contributed by atoms with van der Waals surface area (Å²) in [4.78, 5) is 0. The average molecular weight is 593 g/mol. The van der Waals surface area contributed by atoms with Crippen LogP contribution in [0.25, 0.3) is 89.1 Å². The van der Waals surface area contributed by atoms with Gasteiger partial charge in [0.1, 0.15) is 0 Å². The number of para-hydroxylation sites is 2. The van der Waals surface area contributed by atoms with Crippen molar-refractivity contribution < 1.29 is 0 Å². The molecule has 0 bridgehead atoms. The largest absolute Gasteiger partial charge is 0.340 e. The van der Waals surface area contributed by atoms with Crippen molar-refractivity contribution in [2.75, 3.05) is 0 Å². The van der Waals surface area contributed by atoms with Crippen LogP contribution in [0.3, 0.4) is 0 Å². The molecule has 8 aromatic rings. The van der Waals surface area contributed by atoms with Crippen LogP contribution < -0.4 is 0 Å². The Labute approximate surface area is 270 Å². The van der Waals surface area contributed by atoms with E-state index in [-0.39, 0.29) is 0 Å². The van der Waals surface area contributed by atoms with E-state index in [1.54, 1.807) is 0 Å². The maximum Gasteiger partial charge on any atom is 0.0571 e. The van der Waals surface area contributed by atoms with E-state index >= 15 is 0 Å². The van der Waals surface area contributed by atoms with Crippen LogP contribution in [-0.4, -0.2) is 9.13 Å². The molecular weight excluding hydrogens is 556 g/mol. The second-order valence-corrected chi connectivity index (χ2v) is 12.0. The zero-order chi connectivity index (χ0) is 31.4. The molecule has 2 heterocycles. The zero-order valence-electron chi connectivity index (χ0n) is 26.4. The highest BCUT2D eigenvalue weighted by molar-refractivity contribution is 6.14. The number of hydrogen-bond acceptors (Lipinski definition) is 0. The van der Waals surface area contributed by atoms with Gasteiger partial charge in [-0.15, -0.1) is 0 Å². The van der Waals surface area contributed by atoms with Crippen molar-refractivity contribution in [1.82, 2.24) is 9.13 Å². The lowest BCUT2D eigenvalue weighted by molar-refractivity contribution is 0.828. The minimum atomic E-state index is 0.913. The Kier molecular flexibility index (Phi) is 6.73. The van der Waals surface area contributed by atoms with Gasteiger partial charge in [0.25, 0.3) is 0 Å². The van der Waals surface area contributed by atoms with Gasteiger partial charge < -0.3 is 9.13 Å². The molecule has 0 aliphatic heterocycles. The molecule has 0 amide bonds. The van der Waals surface area contributed by atoms with Gasteiger partial charge in [-0.25, -0.2) is 0 Å². The van der Waals surface area contributed by atoms with Crippen molar-refractivity contribution >= 4 is 55.8 Å². The molecule has 0 unspecified atom stereocenters. The first-order valence-corrected chi connectivity index (χ1v) is 16.2. The first kappa shape index (κ1) is 27.9. The third kappa shape index (κ3) is 4.25. The van der Waals surface area contributed by atoms with Crippen LogP contribution in [0, 0.1) is 0 Å². The van der Waals surface area contributed by atoms with Crippen molar-refractivity contribution in [3.05, 3.63) is 146 Å². The summed E-state index contributed by atoms with van der Waals surface area (Å²) in [5.41, 5.74) is 14.7. The summed E-state index contributed by atoms with van der Waals surface area (Å²) in [6.45, 7) is 14.5. The molecule has 0 radical (unpaired) electrons. The van der Waals surface area contributed by atoms with Gasteiger partial charge in [-0.3, -0.25) is 0 Å². The number of rotatable bonds is 7. The fourth-order valence-corrected chi connectivity index (χ4v) is 7.44. The van der Waals surface area contributed by atoms with E-state index in [0.717, 1.165) is 24.2 Å². The van der Waals surface area contributed by atoms with Gasteiger partial charge in [0, 0.05) is 56.8 Å². The second-order valence-electron chi connectivity index (χ2n) is 12.0. The number of aromatic nitrogens is 2. The molecule has 222 valence electrons. The van der Waals surface area contributed by atoms with E-state index in [4.69, 9.17) is 0 Å². The maximum absolute atomic E-state index is 4.10. The van der Waals surface area contributed by atoms with E-state index < -0.39 is 0 Å². The molecule has 6 aromatic carbocycles. The Morgan fingerprint density at radius 3 is 1.20 bits per heavy atom. The molecule has 2 aromatic heterocycles. The van der Waals surface area contributed by atoms with Crippen LogP contribution in [0.5, 0.6) is 0 Å². The predicted molar refractivity (Wildman–Crippen MR) is 200 cm³/mol. The summed E-state index contributed by atoms with van der Waals surface area (Å²) >= 11 is 0. The highest BCUT2D eigenvalue weighted by Crippen LogP contribution is 2.40. The van der Waals surface area contributed by atoms with Gasteiger partial charge in [0.2, 0.25) is 0 Å². The fraction of sp³-hybridized carbons (Fsp3) is 0.0909. The summed E-state index contributed by atoms with van der Waals surface area (Å²) in [5.74, 6) is 0. The van der Waals surface area contributed by atoms with Crippen molar-refractivity contribution in [3.63, 3.8) is 0 Å². The molecule has 8 rings (SSSR count). The zero-order valence-corrected chi connectivity index (χ0v) is 26.4. The molecule has 2 heteroatoms. The third-order valence-corrected chi connectivity index (χ3v) is 9.60. The van der Waals surface area contributed by atoms with E-state index in [1.165, 1.54) is 77.0 Å². The van der Waals surface area contributed by atoms with Crippen LogP contribution in [0.2, 0.25) is 0 Å². The van der Waals surface area contributed by atoms with Gasteiger partial charge in [0.05, 0.1) is 11.0 Å². The summed E-state index contributed by atoms with van der Waals surface area (Å²) in [7, 11) is 0. The first-order chi connectivity index (χ1) is 22.6. The number of fused-ring (bicyclic) bond motifs is 6. The Bertz CT molecular complexity index is 2270. The van der Waals surface area contributed by atoms with Crippen LogP contribution in [-0.2, 0) is 13.1 Å². The van der Waals surface area contributed by atoms with E-state index in [2.05, 4.69) is 157 Å². The minimum absolute atomic E-state index is 0.913. The molecule has 0 aliphatic rings. The lowest BCUT2D eigenvalue weighted by atomic mass is 9.95. The summed E-state index contributed by atoms with van der Waals surface area (Å²) in [6, 6.07) is 44.6. The number of nitrogens with zero attached hydrogens (tertiary/aromatic N) is 2. The van der Waals surface area contributed by atoms with Crippen molar-refractivity contribution in [3.8, 4) is 33.4 Å². The summed E-state index contributed by atoms with van der Waals surface area (Å²) in [5, 5.41) is 5.13. The monoisotopic (exact) mass is 592 g/mol. The van der Waals surface area contributed by atoms with Crippen LogP contribution in [0.15, 0.2) is 134 Å². The van der Waals surface area contributed by atoms with Crippen LogP contribution in [0.4, 0.5) is 0 Å². The maximum atomic E-state index is 4.10. The number of hydrogen-bond donors (Lipinski definition) is 0. The van der Waals surface area contributed by atoms with Crippen molar-refractivity contribution in [1.29, 1.82) is 0 Å². The summed E-state index contributed by atoms with van der Waals surface area (Å²) < 4.78 is 4.88. The average Bonchev–Trinajstić information content (AvgIpc) is 3.63. The quantitative estimate of drug-likeness (QED) is 0.174. The summed E-state index contributed by atoms with van der Waals surface area (Å²) in [6.07, 6.45) is 3.91. The normalized spacial score (nSPS) is 11.6. The molecule has 0 saturated carbocycles. The van der Waals surface area contributed by atoms with Crippen molar-refractivity contribution in [2.24, 2.45) is 0 Å². The van der Waals surface area contributed by atoms with Crippen molar-refractivity contribution in [2.45, 2.75) is 26.9 Å². The molecular formula is C44H36N2. The van der Waals surface area contributed by atoms with Gasteiger partial charge >= 0.3 is 0 Å². The smallest absolute Gasteiger partial charge is 0.0571 e. The fourth-order valence-electron chi connectivity index (χ4n) is 7.44. The highest BCUT2D eigenvalue weighted by atomic mass is 15.0. The Morgan fingerprint density at radius 1 is 0.457 bits per heavy atom. The molecule has 0 fully saturated rings. The lowest BCUT2D eigenvalue weighted by Gasteiger charge is -2.13. The number of aryl methyl sites for hydroxylation is 2. The molecule has 46 heavy (non-hydrogen) atoms. The van der Waals surface area contributed by atoms with E-state index in [9.17, 15) is 0 Å². The molecule has 0 aliphatic carbocycles. The minimum Gasteiger partial charge on any atom is -0.340 e. The Balaban J connectivity index is 1.21.